The smallest absolute Gasteiger partial charge is 0.118 e. The number of aryl methyl sites for hydroxylation is 1. The third kappa shape index (κ3) is 3.83. The van der Waals surface area contributed by atoms with E-state index < -0.39 is 0 Å². The van der Waals surface area contributed by atoms with Gasteiger partial charge in [-0.25, -0.2) is 4.98 Å². The topological polar surface area (TPSA) is 53.1 Å². The molecule has 102 valence electrons. The lowest BCUT2D eigenvalue weighted by molar-refractivity contribution is 0.414. The van der Waals surface area contributed by atoms with Crippen LogP contribution in [0.4, 0.5) is 0 Å². The van der Waals surface area contributed by atoms with Crippen LogP contribution in [-0.4, -0.2) is 23.2 Å². The number of imidazole rings is 1. The first kappa shape index (κ1) is 13.6. The number of methoxy groups -OCH3 is 1. The van der Waals surface area contributed by atoms with Crippen LogP contribution in [0.3, 0.4) is 0 Å². The van der Waals surface area contributed by atoms with Crippen LogP contribution < -0.4 is 10.5 Å². The number of nitrogens with two attached hydrogens (primary N) is 1. The first-order valence-electron chi connectivity index (χ1n) is 6.66. The Labute approximate surface area is 114 Å². The number of aromatic nitrogens is 2. The largest absolute Gasteiger partial charge is 0.497 e. The number of unbranched alkanes of at least 4 members (excludes halogenated alkanes) is 1. The minimum Gasteiger partial charge on any atom is -0.497 e. The second-order valence-electron chi connectivity index (χ2n) is 4.56. The van der Waals surface area contributed by atoms with Gasteiger partial charge in [-0.15, -0.1) is 0 Å². The van der Waals surface area contributed by atoms with E-state index in [9.17, 15) is 0 Å². The van der Waals surface area contributed by atoms with E-state index >= 15 is 0 Å². The highest BCUT2D eigenvalue weighted by molar-refractivity contribution is 5.28. The fraction of sp³-hybridized carbons (Fsp3) is 0.400. The molecule has 2 N–H and O–H groups in total. The fourth-order valence-corrected chi connectivity index (χ4v) is 2.06. The van der Waals surface area contributed by atoms with E-state index in [4.69, 9.17) is 10.5 Å². The standard InChI is InChI=1S/C15H21N3O/c1-19-14-6-4-13(5-7-14)12-15-17-9-11-18(15)10-3-2-8-16/h4-7,9,11H,2-3,8,10,12,16H2,1H3. The van der Waals surface area contributed by atoms with Gasteiger partial charge in [-0.3, -0.25) is 0 Å². The Kier molecular flexibility index (Phi) is 4.98. The molecule has 0 aliphatic heterocycles. The first-order chi connectivity index (χ1) is 9.33. The van der Waals surface area contributed by atoms with Gasteiger partial charge in [-0.2, -0.15) is 0 Å². The van der Waals surface area contributed by atoms with Gasteiger partial charge in [0.25, 0.3) is 0 Å². The lowest BCUT2D eigenvalue weighted by atomic mass is 10.1. The molecule has 4 nitrogen and oxygen atoms in total. The molecule has 0 aliphatic carbocycles. The van der Waals surface area contributed by atoms with Crippen LogP contribution in [0.25, 0.3) is 0 Å². The van der Waals surface area contributed by atoms with Gasteiger partial charge in [0.2, 0.25) is 0 Å². The summed E-state index contributed by atoms with van der Waals surface area (Å²) in [6, 6.07) is 8.13. The summed E-state index contributed by atoms with van der Waals surface area (Å²) < 4.78 is 7.37. The minimum absolute atomic E-state index is 0.752. The van der Waals surface area contributed by atoms with Gasteiger partial charge in [0, 0.05) is 25.4 Å². The predicted molar refractivity (Wildman–Crippen MR) is 76.3 cm³/mol. The normalized spacial score (nSPS) is 10.6. The number of nitrogens with zero attached hydrogens (tertiary/aromatic N) is 2. The Morgan fingerprint density at radius 3 is 2.68 bits per heavy atom. The molecule has 0 bridgehead atoms. The molecule has 0 saturated heterocycles. The minimum atomic E-state index is 0.752. The van der Waals surface area contributed by atoms with Crippen LogP contribution in [0.15, 0.2) is 36.7 Å². The third-order valence-electron chi connectivity index (χ3n) is 3.18. The van der Waals surface area contributed by atoms with Crippen molar-refractivity contribution < 1.29 is 4.74 Å². The lowest BCUT2D eigenvalue weighted by Gasteiger charge is -2.08. The van der Waals surface area contributed by atoms with Crippen LogP contribution in [0.2, 0.25) is 0 Å². The highest BCUT2D eigenvalue weighted by atomic mass is 16.5. The number of rotatable bonds is 7. The second kappa shape index (κ2) is 6.95. The zero-order chi connectivity index (χ0) is 13.5. The highest BCUT2D eigenvalue weighted by Gasteiger charge is 2.04. The number of ether oxygens (including phenoxy) is 1. The van der Waals surface area contributed by atoms with Gasteiger partial charge in [-0.05, 0) is 37.1 Å². The summed E-state index contributed by atoms with van der Waals surface area (Å²) in [7, 11) is 1.68. The molecule has 0 saturated carbocycles. The average molecular weight is 259 g/mol. The maximum atomic E-state index is 5.52. The molecule has 0 spiro atoms. The Morgan fingerprint density at radius 1 is 1.21 bits per heavy atom. The summed E-state index contributed by atoms with van der Waals surface area (Å²) in [5, 5.41) is 0. The Balaban J connectivity index is 1.99. The van der Waals surface area contributed by atoms with Crippen molar-refractivity contribution in [2.24, 2.45) is 5.73 Å². The van der Waals surface area contributed by atoms with Crippen molar-refractivity contribution in [3.63, 3.8) is 0 Å². The van der Waals surface area contributed by atoms with Crippen LogP contribution >= 0.6 is 0 Å². The molecular formula is C15H21N3O. The van der Waals surface area contributed by atoms with Crippen LogP contribution in [-0.2, 0) is 13.0 Å². The van der Waals surface area contributed by atoms with Crippen LogP contribution in [0.5, 0.6) is 5.75 Å². The molecule has 1 aromatic heterocycles. The zero-order valence-electron chi connectivity index (χ0n) is 11.4. The van der Waals surface area contributed by atoms with E-state index in [0.717, 1.165) is 43.9 Å². The molecule has 1 heterocycles. The third-order valence-corrected chi connectivity index (χ3v) is 3.18. The average Bonchev–Trinajstić information content (AvgIpc) is 2.87. The van der Waals surface area contributed by atoms with Crippen molar-refractivity contribution >= 4 is 0 Å². The Morgan fingerprint density at radius 2 is 2.00 bits per heavy atom. The highest BCUT2D eigenvalue weighted by Crippen LogP contribution is 2.14. The molecule has 2 aromatic rings. The van der Waals surface area contributed by atoms with Crippen molar-refractivity contribution in [3.8, 4) is 5.75 Å². The first-order valence-corrected chi connectivity index (χ1v) is 6.66. The summed E-state index contributed by atoms with van der Waals surface area (Å²) in [5.41, 5.74) is 6.76. The van der Waals surface area contributed by atoms with Crippen molar-refractivity contribution in [2.75, 3.05) is 13.7 Å². The van der Waals surface area contributed by atoms with Gasteiger partial charge in [0.15, 0.2) is 0 Å². The molecule has 0 radical (unpaired) electrons. The van der Waals surface area contributed by atoms with Gasteiger partial charge < -0.3 is 15.0 Å². The summed E-state index contributed by atoms with van der Waals surface area (Å²) in [4.78, 5) is 4.43. The van der Waals surface area contributed by atoms with Crippen LogP contribution in [0.1, 0.15) is 24.2 Å². The van der Waals surface area contributed by atoms with Crippen molar-refractivity contribution in [2.45, 2.75) is 25.8 Å². The number of benzene rings is 1. The summed E-state index contributed by atoms with van der Waals surface area (Å²) in [5.74, 6) is 1.98. The van der Waals surface area contributed by atoms with Gasteiger partial charge in [0.1, 0.15) is 11.6 Å². The molecule has 0 atom stereocenters. The molecule has 1 aromatic carbocycles. The summed E-state index contributed by atoms with van der Waals surface area (Å²) in [6.07, 6.45) is 6.90. The SMILES string of the molecule is COc1ccc(Cc2nccn2CCCCN)cc1. The molecule has 19 heavy (non-hydrogen) atoms. The maximum absolute atomic E-state index is 5.52. The van der Waals surface area contributed by atoms with Crippen LogP contribution in [0, 0.1) is 0 Å². The summed E-state index contributed by atoms with van der Waals surface area (Å²) in [6.45, 7) is 1.74. The quantitative estimate of drug-likeness (QED) is 0.776. The van der Waals surface area contributed by atoms with Crippen molar-refractivity contribution in [3.05, 3.63) is 48.0 Å². The number of hydrogen-bond donors (Lipinski definition) is 1. The van der Waals surface area contributed by atoms with E-state index in [1.54, 1.807) is 7.11 Å². The van der Waals surface area contributed by atoms with Gasteiger partial charge in [0.05, 0.1) is 7.11 Å². The molecule has 2 rings (SSSR count). The van der Waals surface area contributed by atoms with E-state index in [2.05, 4.69) is 21.7 Å². The zero-order valence-corrected chi connectivity index (χ0v) is 11.4. The molecule has 0 aliphatic rings. The van der Waals surface area contributed by atoms with Gasteiger partial charge in [-0.1, -0.05) is 12.1 Å². The molecular weight excluding hydrogens is 238 g/mol. The van der Waals surface area contributed by atoms with E-state index in [1.165, 1.54) is 5.56 Å². The Bertz CT molecular complexity index is 490. The van der Waals surface area contributed by atoms with E-state index in [1.807, 2.05) is 24.5 Å². The van der Waals surface area contributed by atoms with Crippen molar-refractivity contribution in [1.82, 2.24) is 9.55 Å². The van der Waals surface area contributed by atoms with Crippen molar-refractivity contribution in [1.29, 1.82) is 0 Å². The molecule has 4 heteroatoms. The predicted octanol–water partition coefficient (Wildman–Crippen LogP) is 2.22. The number of hydrogen-bond acceptors (Lipinski definition) is 3. The van der Waals surface area contributed by atoms with Gasteiger partial charge >= 0.3 is 0 Å². The van der Waals surface area contributed by atoms with E-state index in [0.29, 0.717) is 0 Å². The lowest BCUT2D eigenvalue weighted by Crippen LogP contribution is -2.06. The molecule has 0 fully saturated rings. The fourth-order valence-electron chi connectivity index (χ4n) is 2.06. The monoisotopic (exact) mass is 259 g/mol. The second-order valence-corrected chi connectivity index (χ2v) is 4.56. The molecule has 0 amide bonds. The summed E-state index contributed by atoms with van der Waals surface area (Å²) >= 11 is 0. The Hall–Kier alpha value is -1.81. The maximum Gasteiger partial charge on any atom is 0.118 e. The molecule has 0 unspecified atom stereocenters. The van der Waals surface area contributed by atoms with E-state index in [-0.39, 0.29) is 0 Å².